The van der Waals surface area contributed by atoms with Gasteiger partial charge in [0, 0.05) is 51.3 Å². The Morgan fingerprint density at radius 1 is 0.541 bits per heavy atom. The molecular weight excluding hydrogens is 783 g/mol. The van der Waals surface area contributed by atoms with Crippen LogP contribution < -0.4 is 0 Å². The van der Waals surface area contributed by atoms with Crippen LogP contribution in [0.15, 0.2) is 122 Å². The molecule has 61 heavy (non-hydrogen) atoms. The minimum absolute atomic E-state index is 0.246. The van der Waals surface area contributed by atoms with E-state index in [1.165, 1.54) is 0 Å². The molecule has 308 valence electrons. The summed E-state index contributed by atoms with van der Waals surface area (Å²) in [5.41, 5.74) is 6.57. The van der Waals surface area contributed by atoms with Crippen molar-refractivity contribution in [1.82, 2.24) is 15.0 Å². The van der Waals surface area contributed by atoms with Gasteiger partial charge in [-0.05, 0) is 58.0 Å². The zero-order chi connectivity index (χ0) is 42.0. The smallest absolute Gasteiger partial charge is 0.337 e. The van der Waals surface area contributed by atoms with Crippen molar-refractivity contribution in [1.29, 1.82) is 0 Å². The summed E-state index contributed by atoms with van der Waals surface area (Å²) in [5.74, 6) is -5.03. The van der Waals surface area contributed by atoms with Gasteiger partial charge in [-0.25, -0.2) is 4.79 Å². The van der Waals surface area contributed by atoms with Crippen LogP contribution in [-0.2, 0) is 73.3 Å². The number of carbonyl (C=O) groups is 5. The molecule has 4 heterocycles. The number of H-pyrrole nitrogens is 3. The predicted molar refractivity (Wildman–Crippen MR) is 221 cm³/mol. The third-order valence-corrected chi connectivity index (χ3v) is 11.1. The van der Waals surface area contributed by atoms with Crippen molar-refractivity contribution in [3.63, 3.8) is 0 Å². The number of allylic oxidation sites excluding steroid dienone is 1. The number of carboxylic acids is 1. The summed E-state index contributed by atoms with van der Waals surface area (Å²) in [4.78, 5) is 77.9. The summed E-state index contributed by atoms with van der Waals surface area (Å²) in [6.07, 6.45) is -3.11. The Morgan fingerprint density at radius 2 is 0.984 bits per heavy atom. The maximum Gasteiger partial charge on any atom is 0.337 e. The van der Waals surface area contributed by atoms with Crippen molar-refractivity contribution in [3.05, 3.63) is 150 Å². The average molecular weight is 822 g/mol. The van der Waals surface area contributed by atoms with Crippen LogP contribution in [0.25, 0.3) is 38.3 Å². The van der Waals surface area contributed by atoms with E-state index in [1.54, 1.807) is 18.6 Å². The van der Waals surface area contributed by atoms with Crippen LogP contribution in [0, 0.1) is 0 Å². The molecule has 5 atom stereocenters. The summed E-state index contributed by atoms with van der Waals surface area (Å²) < 4.78 is 29.8. The Morgan fingerprint density at radius 3 is 1.52 bits per heavy atom. The van der Waals surface area contributed by atoms with E-state index in [0.29, 0.717) is 28.7 Å². The van der Waals surface area contributed by atoms with Gasteiger partial charge in [-0.15, -0.1) is 0 Å². The molecule has 0 amide bonds. The highest BCUT2D eigenvalue weighted by atomic mass is 16.7. The van der Waals surface area contributed by atoms with Crippen molar-refractivity contribution in [3.8, 4) is 0 Å². The van der Waals surface area contributed by atoms with Crippen LogP contribution in [0.5, 0.6) is 0 Å². The van der Waals surface area contributed by atoms with Crippen molar-refractivity contribution < 1.29 is 52.8 Å². The predicted octanol–water partition coefficient (Wildman–Crippen LogP) is 6.28. The second-order valence-corrected chi connectivity index (χ2v) is 15.0. The number of esters is 4. The lowest BCUT2D eigenvalue weighted by molar-refractivity contribution is -0.294. The van der Waals surface area contributed by atoms with Gasteiger partial charge in [0.05, 0.1) is 25.7 Å². The topological polar surface area (TPSA) is 199 Å². The zero-order valence-electron chi connectivity index (χ0n) is 32.5. The second-order valence-electron chi connectivity index (χ2n) is 15.0. The first kappa shape index (κ1) is 39.0. The van der Waals surface area contributed by atoms with E-state index in [0.717, 1.165) is 43.8 Å². The van der Waals surface area contributed by atoms with Gasteiger partial charge in [0.15, 0.2) is 18.3 Å². The van der Waals surface area contributed by atoms with Crippen LogP contribution >= 0.6 is 0 Å². The lowest BCUT2D eigenvalue weighted by atomic mass is 9.97. The van der Waals surface area contributed by atoms with Gasteiger partial charge >= 0.3 is 29.8 Å². The molecule has 1 aliphatic carbocycles. The van der Waals surface area contributed by atoms with E-state index in [2.05, 4.69) is 15.0 Å². The maximum absolute atomic E-state index is 14.0. The highest BCUT2D eigenvalue weighted by Crippen LogP contribution is 2.34. The summed E-state index contributed by atoms with van der Waals surface area (Å²) in [6, 6.07) is 29.5. The highest BCUT2D eigenvalue weighted by molar-refractivity contribution is 5.91. The molecule has 0 bridgehead atoms. The van der Waals surface area contributed by atoms with Crippen molar-refractivity contribution in [2.24, 2.45) is 0 Å². The van der Waals surface area contributed by atoms with E-state index < -0.39 is 60.6 Å². The fourth-order valence-electron chi connectivity index (χ4n) is 8.22. The number of rotatable bonds is 13. The molecule has 0 spiro atoms. The van der Waals surface area contributed by atoms with Gasteiger partial charge in [0.1, 0.15) is 0 Å². The Bertz CT molecular complexity index is 2850. The van der Waals surface area contributed by atoms with Gasteiger partial charge in [0.25, 0.3) is 0 Å². The molecule has 0 radical (unpaired) electrons. The van der Waals surface area contributed by atoms with Crippen LogP contribution in [0.3, 0.4) is 0 Å². The molecule has 0 saturated carbocycles. The number of benzene rings is 4. The van der Waals surface area contributed by atoms with E-state index in [1.807, 2.05) is 103 Å². The maximum atomic E-state index is 14.0. The first-order chi connectivity index (χ1) is 29.7. The Labute approximate surface area is 347 Å². The normalized spacial score (nSPS) is 19.6. The lowest BCUT2D eigenvalue weighted by Gasteiger charge is -2.42. The minimum atomic E-state index is -2.03. The number of para-hydroxylation sites is 3. The highest BCUT2D eigenvalue weighted by Gasteiger charge is 2.56. The molecule has 1 aliphatic heterocycles. The van der Waals surface area contributed by atoms with Gasteiger partial charge in [-0.3, -0.25) is 19.2 Å². The van der Waals surface area contributed by atoms with Crippen LogP contribution in [0.2, 0.25) is 0 Å². The van der Waals surface area contributed by atoms with Gasteiger partial charge in [-0.2, -0.15) is 0 Å². The minimum Gasteiger partial charge on any atom is -0.479 e. The van der Waals surface area contributed by atoms with Crippen LogP contribution in [-0.4, -0.2) is 80.6 Å². The molecule has 1 saturated heterocycles. The largest absolute Gasteiger partial charge is 0.479 e. The number of ether oxygens (including phenoxy) is 5. The third kappa shape index (κ3) is 8.13. The van der Waals surface area contributed by atoms with Gasteiger partial charge < -0.3 is 43.7 Å². The molecule has 3 aromatic heterocycles. The van der Waals surface area contributed by atoms with E-state index >= 15 is 0 Å². The number of carbonyl (C=O) groups excluding carboxylic acids is 4. The molecule has 0 unspecified atom stereocenters. The number of nitrogens with one attached hydrogen (secondary N) is 3. The van der Waals surface area contributed by atoms with E-state index in [-0.39, 0.29) is 25.7 Å². The molecular formula is C47H39N3O11. The fourth-order valence-corrected chi connectivity index (χ4v) is 8.22. The Balaban J connectivity index is 1.05. The SMILES string of the molecule is O=C(Cc1c[nH]c2ccccc12)O[C@H]1O[C@H](C(=O)O)[C@@H](OC(=O)CC2=CCc3ccccc32)[C@H](OC(=O)Cc2c[nH]c3ccccc23)[C@H]1OC(=O)Cc1c[nH]c2ccccc12. The number of aromatic nitrogens is 3. The second kappa shape index (κ2) is 16.7. The monoisotopic (exact) mass is 821 g/mol. The van der Waals surface area contributed by atoms with E-state index in [4.69, 9.17) is 23.7 Å². The number of carboxylic acid groups (broad SMARTS) is 1. The molecule has 1 fully saturated rings. The fraction of sp³-hybridized carbons (Fsp3) is 0.213. The summed E-state index contributed by atoms with van der Waals surface area (Å²) >= 11 is 0. The molecule has 14 heteroatoms. The summed E-state index contributed by atoms with van der Waals surface area (Å²) in [6.45, 7) is 0. The van der Waals surface area contributed by atoms with Crippen molar-refractivity contribution in [2.45, 2.75) is 62.8 Å². The van der Waals surface area contributed by atoms with Gasteiger partial charge in [-0.1, -0.05) is 84.9 Å². The van der Waals surface area contributed by atoms with Crippen molar-refractivity contribution in [2.75, 3.05) is 0 Å². The average Bonchev–Trinajstić information content (AvgIpc) is 4.06. The summed E-state index contributed by atoms with van der Waals surface area (Å²) in [5, 5.41) is 12.9. The number of fused-ring (bicyclic) bond motifs is 4. The first-order valence-electron chi connectivity index (χ1n) is 19.8. The molecule has 9 rings (SSSR count). The number of hydrogen-bond acceptors (Lipinski definition) is 10. The van der Waals surface area contributed by atoms with Gasteiger partial charge in [0.2, 0.25) is 12.4 Å². The Kier molecular flexibility index (Phi) is 10.7. The van der Waals surface area contributed by atoms with Crippen LogP contribution in [0.1, 0.15) is 34.2 Å². The zero-order valence-corrected chi connectivity index (χ0v) is 32.5. The molecule has 2 aliphatic rings. The molecule has 14 nitrogen and oxygen atoms in total. The standard InChI is InChI=1S/C47H39N3O11/c51-38(19-27-18-17-26-9-1-2-10-31(26)27)57-42-43(58-39(52)20-28-23-48-35-14-6-3-11-32(28)35)45(59-40(53)21-29-24-49-36-15-7-4-12-33(29)36)47(61-44(42)46(55)56)60-41(54)22-30-25-50-37-16-8-5-13-34(30)37/h1-16,18,23-25,42-45,47-50H,17,19-22H2,(H,55,56)/t42-,43-,44-,45+,47-/m0/s1. The lowest BCUT2D eigenvalue weighted by Crippen LogP contribution is -2.64. The molecule has 4 aromatic carbocycles. The van der Waals surface area contributed by atoms with Crippen LogP contribution in [0.4, 0.5) is 0 Å². The molecule has 4 N–H and O–H groups in total. The third-order valence-electron chi connectivity index (χ3n) is 11.1. The van der Waals surface area contributed by atoms with Crippen molar-refractivity contribution >= 4 is 68.1 Å². The number of aromatic amines is 3. The Hall–Kier alpha value is -7.45. The first-order valence-corrected chi connectivity index (χ1v) is 19.8. The van der Waals surface area contributed by atoms with E-state index in [9.17, 15) is 29.1 Å². The molecule has 7 aromatic rings. The number of aliphatic carboxylic acids is 1. The summed E-state index contributed by atoms with van der Waals surface area (Å²) in [7, 11) is 0. The number of hydrogen-bond donors (Lipinski definition) is 4. The quantitative estimate of drug-likeness (QED) is 0.0755.